The van der Waals surface area contributed by atoms with E-state index in [0.717, 1.165) is 50.8 Å². The Labute approximate surface area is 175 Å². The molecule has 0 saturated carbocycles. The fraction of sp³-hybridized carbons (Fsp3) is 0.500. The lowest BCUT2D eigenvalue weighted by molar-refractivity contribution is 0.459. The van der Waals surface area contributed by atoms with Crippen molar-refractivity contribution in [3.05, 3.63) is 59.3 Å². The van der Waals surface area contributed by atoms with Crippen LogP contribution >= 0.6 is 0 Å². The van der Waals surface area contributed by atoms with Crippen LogP contribution in [0.2, 0.25) is 0 Å². The number of piperidine rings is 1. The van der Waals surface area contributed by atoms with Gasteiger partial charge in [0.1, 0.15) is 5.82 Å². The van der Waals surface area contributed by atoms with Crippen LogP contribution in [0.25, 0.3) is 0 Å². The predicted octanol–water partition coefficient (Wildman–Crippen LogP) is 4.03. The third-order valence-electron chi connectivity index (χ3n) is 5.57. The van der Waals surface area contributed by atoms with Crippen molar-refractivity contribution in [2.45, 2.75) is 52.5 Å². The lowest BCUT2D eigenvalue weighted by atomic mass is 10.0. The van der Waals surface area contributed by atoms with E-state index < -0.39 is 0 Å². The minimum absolute atomic E-state index is 0.403. The molecule has 2 aromatic rings. The first kappa shape index (κ1) is 21.2. The highest BCUT2D eigenvalue weighted by Gasteiger charge is 2.21. The van der Waals surface area contributed by atoms with Gasteiger partial charge < -0.3 is 15.5 Å². The van der Waals surface area contributed by atoms with Crippen molar-refractivity contribution >= 4 is 11.8 Å². The van der Waals surface area contributed by atoms with Crippen LogP contribution in [0, 0.1) is 13.8 Å². The highest BCUT2D eigenvalue weighted by atomic mass is 15.2. The topological polar surface area (TPSA) is 52.6 Å². The van der Waals surface area contributed by atoms with Gasteiger partial charge >= 0.3 is 0 Å². The minimum atomic E-state index is 0.403. The summed E-state index contributed by atoms with van der Waals surface area (Å²) >= 11 is 0. The summed E-state index contributed by atoms with van der Waals surface area (Å²) in [5.41, 5.74) is 3.84. The highest BCUT2D eigenvalue weighted by Crippen LogP contribution is 2.19. The van der Waals surface area contributed by atoms with Crippen LogP contribution in [0.5, 0.6) is 0 Å². The molecule has 1 fully saturated rings. The zero-order chi connectivity index (χ0) is 20.6. The number of benzene rings is 1. The molecule has 5 nitrogen and oxygen atoms in total. The van der Waals surface area contributed by atoms with E-state index in [-0.39, 0.29) is 0 Å². The maximum Gasteiger partial charge on any atom is 0.191 e. The molecule has 1 aromatic heterocycles. The second-order valence-electron chi connectivity index (χ2n) is 8.13. The molecule has 0 bridgehead atoms. The Balaban J connectivity index is 1.53. The van der Waals surface area contributed by atoms with Gasteiger partial charge in [-0.3, -0.25) is 4.99 Å². The number of aliphatic imine (C=N–C) groups is 1. The number of anilines is 1. The predicted molar refractivity (Wildman–Crippen MR) is 123 cm³/mol. The number of rotatable bonds is 6. The molecule has 0 aliphatic carbocycles. The van der Waals surface area contributed by atoms with Crippen LogP contribution in [0.4, 0.5) is 5.82 Å². The lowest BCUT2D eigenvalue weighted by Gasteiger charge is -2.34. The monoisotopic (exact) mass is 393 g/mol. The number of aromatic nitrogens is 1. The molecule has 0 spiro atoms. The van der Waals surface area contributed by atoms with Gasteiger partial charge in [-0.25, -0.2) is 4.98 Å². The quantitative estimate of drug-likeness (QED) is 0.575. The van der Waals surface area contributed by atoms with Gasteiger partial charge in [0.2, 0.25) is 0 Å². The summed E-state index contributed by atoms with van der Waals surface area (Å²) < 4.78 is 0. The Morgan fingerprint density at radius 3 is 2.41 bits per heavy atom. The van der Waals surface area contributed by atoms with E-state index >= 15 is 0 Å². The van der Waals surface area contributed by atoms with E-state index in [9.17, 15) is 0 Å². The van der Waals surface area contributed by atoms with Gasteiger partial charge in [-0.05, 0) is 50.8 Å². The van der Waals surface area contributed by atoms with Gasteiger partial charge in [-0.15, -0.1) is 0 Å². The van der Waals surface area contributed by atoms with Crippen LogP contribution in [-0.4, -0.2) is 43.2 Å². The molecule has 3 rings (SSSR count). The molecule has 0 amide bonds. The number of aryl methyl sites for hydroxylation is 2. The van der Waals surface area contributed by atoms with E-state index in [0.29, 0.717) is 12.0 Å². The zero-order valence-corrected chi connectivity index (χ0v) is 18.3. The zero-order valence-electron chi connectivity index (χ0n) is 18.3. The Hall–Kier alpha value is -2.56. The molecule has 5 heteroatoms. The molecule has 1 saturated heterocycles. The van der Waals surface area contributed by atoms with Crippen LogP contribution < -0.4 is 15.5 Å². The van der Waals surface area contributed by atoms with Gasteiger partial charge in [0.15, 0.2) is 5.96 Å². The highest BCUT2D eigenvalue weighted by molar-refractivity contribution is 5.80. The maximum atomic E-state index is 4.86. The molecule has 29 heavy (non-hydrogen) atoms. The molecule has 1 aromatic carbocycles. The van der Waals surface area contributed by atoms with Gasteiger partial charge in [0.25, 0.3) is 0 Å². The Morgan fingerprint density at radius 1 is 1.10 bits per heavy atom. The first-order chi connectivity index (χ1) is 14.0. The summed E-state index contributed by atoms with van der Waals surface area (Å²) in [7, 11) is 0. The smallest absolute Gasteiger partial charge is 0.191 e. The summed E-state index contributed by atoms with van der Waals surface area (Å²) in [5, 5.41) is 7.05. The normalized spacial score (nSPS) is 16.6. The number of nitrogens with zero attached hydrogens (tertiary/aromatic N) is 3. The molecule has 2 heterocycles. The number of guanidine groups is 1. The van der Waals surface area contributed by atoms with Crippen molar-refractivity contribution in [1.29, 1.82) is 0 Å². The fourth-order valence-corrected chi connectivity index (χ4v) is 3.64. The molecular formula is C24H35N5. The van der Waals surface area contributed by atoms with Crippen LogP contribution in [0.1, 0.15) is 49.3 Å². The molecule has 156 valence electrons. The van der Waals surface area contributed by atoms with Gasteiger partial charge in [-0.1, -0.05) is 42.8 Å². The summed E-state index contributed by atoms with van der Waals surface area (Å²) in [5.74, 6) is 2.42. The maximum absolute atomic E-state index is 4.86. The van der Waals surface area contributed by atoms with Crippen molar-refractivity contribution < 1.29 is 0 Å². The molecule has 0 radical (unpaired) electrons. The van der Waals surface area contributed by atoms with E-state index in [1.165, 1.54) is 16.7 Å². The summed E-state index contributed by atoms with van der Waals surface area (Å²) in [4.78, 5) is 11.8. The van der Waals surface area contributed by atoms with Crippen LogP contribution in [0.3, 0.4) is 0 Å². The third-order valence-corrected chi connectivity index (χ3v) is 5.57. The molecule has 2 N–H and O–H groups in total. The first-order valence-corrected chi connectivity index (χ1v) is 10.8. The molecule has 1 atom stereocenters. The van der Waals surface area contributed by atoms with Gasteiger partial charge in [0.05, 0.1) is 0 Å². The second-order valence-corrected chi connectivity index (χ2v) is 8.13. The molecule has 1 unspecified atom stereocenters. The van der Waals surface area contributed by atoms with Crippen molar-refractivity contribution in [2.24, 2.45) is 4.99 Å². The fourth-order valence-electron chi connectivity index (χ4n) is 3.64. The largest absolute Gasteiger partial charge is 0.357 e. The number of nitrogens with one attached hydrogen (secondary N) is 2. The van der Waals surface area contributed by atoms with Crippen molar-refractivity contribution in [3.8, 4) is 0 Å². The van der Waals surface area contributed by atoms with E-state index in [2.05, 4.69) is 84.6 Å². The third kappa shape index (κ3) is 6.21. The van der Waals surface area contributed by atoms with E-state index in [1.807, 2.05) is 6.20 Å². The number of hydrogen-bond acceptors (Lipinski definition) is 3. The summed E-state index contributed by atoms with van der Waals surface area (Å²) in [6.45, 7) is 12.3. The Morgan fingerprint density at radius 2 is 1.79 bits per heavy atom. The van der Waals surface area contributed by atoms with Gasteiger partial charge in [0, 0.05) is 44.3 Å². The molecule has 1 aliphatic heterocycles. The van der Waals surface area contributed by atoms with Crippen molar-refractivity contribution in [2.75, 3.05) is 31.1 Å². The molecular weight excluding hydrogens is 358 g/mol. The van der Waals surface area contributed by atoms with Crippen molar-refractivity contribution in [1.82, 2.24) is 15.6 Å². The van der Waals surface area contributed by atoms with Gasteiger partial charge in [-0.2, -0.15) is 0 Å². The summed E-state index contributed by atoms with van der Waals surface area (Å²) in [6, 6.07) is 13.5. The average Bonchev–Trinajstić information content (AvgIpc) is 2.74. The number of hydrogen-bond donors (Lipinski definition) is 2. The van der Waals surface area contributed by atoms with Crippen LogP contribution in [-0.2, 0) is 0 Å². The SMILES string of the molecule is CCNC(=NCC(C)c1ccc(C)cc1)NC1CCN(c2ccc(C)cn2)CC1. The van der Waals surface area contributed by atoms with Crippen LogP contribution in [0.15, 0.2) is 47.6 Å². The van der Waals surface area contributed by atoms with E-state index in [4.69, 9.17) is 4.99 Å². The van der Waals surface area contributed by atoms with Crippen molar-refractivity contribution in [3.63, 3.8) is 0 Å². The standard InChI is InChI=1S/C24H35N5/c1-5-25-24(27-17-20(4)21-9-6-18(2)7-10-21)28-22-12-14-29(15-13-22)23-11-8-19(3)16-26-23/h6-11,16,20,22H,5,12-15,17H2,1-4H3,(H2,25,27,28). The lowest BCUT2D eigenvalue weighted by Crippen LogP contribution is -2.49. The number of pyridine rings is 1. The second kappa shape index (κ2) is 10.3. The minimum Gasteiger partial charge on any atom is -0.357 e. The Kier molecular flexibility index (Phi) is 7.50. The van der Waals surface area contributed by atoms with E-state index in [1.54, 1.807) is 0 Å². The Bertz CT molecular complexity index is 774. The summed E-state index contributed by atoms with van der Waals surface area (Å²) in [6.07, 6.45) is 4.13. The molecule has 1 aliphatic rings. The average molecular weight is 394 g/mol. The first-order valence-electron chi connectivity index (χ1n) is 10.8.